The lowest BCUT2D eigenvalue weighted by atomic mass is 10.1. The molecule has 0 amide bonds. The first-order valence-corrected chi connectivity index (χ1v) is 7.19. The molecule has 110 valence electrons. The number of carbonyl (C=O) groups is 1. The van der Waals surface area contributed by atoms with Crippen LogP contribution in [0.25, 0.3) is 0 Å². The minimum Gasteiger partial charge on any atom is -0.489 e. The molecule has 0 aromatic heterocycles. The van der Waals surface area contributed by atoms with Crippen molar-refractivity contribution < 1.29 is 13.9 Å². The van der Waals surface area contributed by atoms with Gasteiger partial charge in [0.1, 0.15) is 18.2 Å². The maximum Gasteiger partial charge on any atom is 0.163 e. The Kier molecular flexibility index (Phi) is 5.50. The van der Waals surface area contributed by atoms with E-state index in [4.69, 9.17) is 4.74 Å². The van der Waals surface area contributed by atoms with Gasteiger partial charge in [0.15, 0.2) is 5.78 Å². The van der Waals surface area contributed by atoms with Crippen molar-refractivity contribution in [1.82, 2.24) is 0 Å². The summed E-state index contributed by atoms with van der Waals surface area (Å²) in [6.45, 7) is 2.34. The predicted molar refractivity (Wildman–Crippen MR) is 81.0 cm³/mol. The first-order valence-electron chi connectivity index (χ1n) is 7.19. The summed E-state index contributed by atoms with van der Waals surface area (Å²) < 4.78 is 18.7. The molecular formula is C18H19FO2. The molecule has 0 N–H and O–H groups in total. The fourth-order valence-corrected chi connectivity index (χ4v) is 2.03. The SMILES string of the molecule is CCCCC(=O)c1cccc(OCc2cccc(F)c2)c1. The van der Waals surface area contributed by atoms with Gasteiger partial charge in [-0.25, -0.2) is 4.39 Å². The zero-order valence-corrected chi connectivity index (χ0v) is 12.1. The number of carbonyl (C=O) groups excluding carboxylic acids is 1. The van der Waals surface area contributed by atoms with Gasteiger partial charge in [0, 0.05) is 12.0 Å². The maximum absolute atomic E-state index is 13.1. The van der Waals surface area contributed by atoms with E-state index in [2.05, 4.69) is 6.92 Å². The minimum atomic E-state index is -0.278. The van der Waals surface area contributed by atoms with Gasteiger partial charge in [0.2, 0.25) is 0 Å². The van der Waals surface area contributed by atoms with Crippen molar-refractivity contribution in [3.05, 3.63) is 65.5 Å². The van der Waals surface area contributed by atoms with Crippen LogP contribution < -0.4 is 4.74 Å². The fraction of sp³-hybridized carbons (Fsp3) is 0.278. The van der Waals surface area contributed by atoms with Gasteiger partial charge in [-0.05, 0) is 36.2 Å². The van der Waals surface area contributed by atoms with Crippen molar-refractivity contribution in [3.63, 3.8) is 0 Å². The fourth-order valence-electron chi connectivity index (χ4n) is 2.03. The molecule has 0 aliphatic heterocycles. The van der Waals surface area contributed by atoms with Gasteiger partial charge in [0.25, 0.3) is 0 Å². The number of hydrogen-bond donors (Lipinski definition) is 0. The van der Waals surface area contributed by atoms with Crippen LogP contribution in [0.1, 0.15) is 42.1 Å². The number of hydrogen-bond acceptors (Lipinski definition) is 2. The number of Topliss-reactive ketones (excluding diaryl/α,β-unsaturated/α-hetero) is 1. The number of rotatable bonds is 7. The molecule has 0 heterocycles. The van der Waals surface area contributed by atoms with Crippen molar-refractivity contribution in [3.8, 4) is 5.75 Å². The monoisotopic (exact) mass is 286 g/mol. The van der Waals surface area contributed by atoms with E-state index in [-0.39, 0.29) is 18.2 Å². The smallest absolute Gasteiger partial charge is 0.163 e. The van der Waals surface area contributed by atoms with E-state index in [0.29, 0.717) is 17.7 Å². The predicted octanol–water partition coefficient (Wildman–Crippen LogP) is 4.78. The van der Waals surface area contributed by atoms with E-state index in [9.17, 15) is 9.18 Å². The third kappa shape index (κ3) is 4.71. The Morgan fingerprint density at radius 1 is 1.14 bits per heavy atom. The molecule has 0 aliphatic rings. The van der Waals surface area contributed by atoms with Crippen LogP contribution in [-0.2, 0) is 6.61 Å². The molecule has 0 unspecified atom stereocenters. The van der Waals surface area contributed by atoms with E-state index < -0.39 is 0 Å². The highest BCUT2D eigenvalue weighted by molar-refractivity contribution is 5.96. The lowest BCUT2D eigenvalue weighted by Gasteiger charge is -2.08. The number of halogens is 1. The third-order valence-corrected chi connectivity index (χ3v) is 3.21. The summed E-state index contributed by atoms with van der Waals surface area (Å²) in [5.41, 5.74) is 1.43. The highest BCUT2D eigenvalue weighted by Gasteiger charge is 2.06. The summed E-state index contributed by atoms with van der Waals surface area (Å²) in [4.78, 5) is 12.0. The summed E-state index contributed by atoms with van der Waals surface area (Å²) in [6, 6.07) is 13.4. The summed E-state index contributed by atoms with van der Waals surface area (Å²) in [5, 5.41) is 0. The number of ether oxygens (including phenoxy) is 1. The molecule has 2 nitrogen and oxygen atoms in total. The molecule has 0 spiro atoms. The van der Waals surface area contributed by atoms with Crippen LogP contribution in [0.5, 0.6) is 5.75 Å². The van der Waals surface area contributed by atoms with Gasteiger partial charge in [-0.2, -0.15) is 0 Å². The molecule has 0 saturated heterocycles. The molecule has 2 aromatic rings. The van der Waals surface area contributed by atoms with Gasteiger partial charge in [-0.15, -0.1) is 0 Å². The Balaban J connectivity index is 1.99. The van der Waals surface area contributed by atoms with E-state index in [1.54, 1.807) is 36.4 Å². The van der Waals surface area contributed by atoms with Crippen LogP contribution in [0.3, 0.4) is 0 Å². The second kappa shape index (κ2) is 7.58. The van der Waals surface area contributed by atoms with E-state index in [0.717, 1.165) is 18.4 Å². The lowest BCUT2D eigenvalue weighted by Crippen LogP contribution is -2.00. The zero-order chi connectivity index (χ0) is 15.1. The summed E-state index contributed by atoms with van der Waals surface area (Å²) >= 11 is 0. The number of benzene rings is 2. The molecule has 2 aromatic carbocycles. The molecular weight excluding hydrogens is 267 g/mol. The van der Waals surface area contributed by atoms with E-state index in [1.165, 1.54) is 12.1 Å². The van der Waals surface area contributed by atoms with Crippen molar-refractivity contribution in [2.45, 2.75) is 32.8 Å². The van der Waals surface area contributed by atoms with Gasteiger partial charge in [0.05, 0.1) is 0 Å². The van der Waals surface area contributed by atoms with Crippen LogP contribution >= 0.6 is 0 Å². The quantitative estimate of drug-likeness (QED) is 0.685. The minimum absolute atomic E-state index is 0.132. The Labute approximate surface area is 124 Å². The second-order valence-electron chi connectivity index (χ2n) is 4.97. The Bertz CT molecular complexity index is 608. The molecule has 2 rings (SSSR count). The standard InChI is InChI=1S/C18H19FO2/c1-2-3-10-18(20)15-7-5-9-17(12-15)21-13-14-6-4-8-16(19)11-14/h4-9,11-12H,2-3,10,13H2,1H3. The van der Waals surface area contributed by atoms with Crippen LogP contribution in [0.2, 0.25) is 0 Å². The largest absolute Gasteiger partial charge is 0.489 e. The summed E-state index contributed by atoms with van der Waals surface area (Å²) in [6.07, 6.45) is 2.46. The normalized spacial score (nSPS) is 10.4. The van der Waals surface area contributed by atoms with Crippen molar-refractivity contribution >= 4 is 5.78 Å². The highest BCUT2D eigenvalue weighted by atomic mass is 19.1. The molecule has 0 fully saturated rings. The Hall–Kier alpha value is -2.16. The first-order chi connectivity index (χ1) is 10.2. The van der Waals surface area contributed by atoms with Crippen LogP contribution in [-0.4, -0.2) is 5.78 Å². The third-order valence-electron chi connectivity index (χ3n) is 3.21. The molecule has 0 atom stereocenters. The van der Waals surface area contributed by atoms with Crippen molar-refractivity contribution in [2.24, 2.45) is 0 Å². The van der Waals surface area contributed by atoms with E-state index in [1.807, 2.05) is 0 Å². The maximum atomic E-state index is 13.1. The van der Waals surface area contributed by atoms with Crippen LogP contribution in [0.4, 0.5) is 4.39 Å². The average Bonchev–Trinajstić information content (AvgIpc) is 2.51. The topological polar surface area (TPSA) is 26.3 Å². The van der Waals surface area contributed by atoms with Crippen LogP contribution in [0, 0.1) is 5.82 Å². The van der Waals surface area contributed by atoms with Gasteiger partial charge >= 0.3 is 0 Å². The first kappa shape index (κ1) is 15.2. The summed E-state index contributed by atoms with van der Waals surface area (Å²) in [5.74, 6) is 0.481. The average molecular weight is 286 g/mol. The van der Waals surface area contributed by atoms with Crippen molar-refractivity contribution in [1.29, 1.82) is 0 Å². The molecule has 0 aliphatic carbocycles. The molecule has 0 radical (unpaired) electrons. The molecule has 0 saturated carbocycles. The second-order valence-corrected chi connectivity index (χ2v) is 4.97. The Morgan fingerprint density at radius 3 is 2.71 bits per heavy atom. The zero-order valence-electron chi connectivity index (χ0n) is 12.1. The Morgan fingerprint density at radius 2 is 1.95 bits per heavy atom. The van der Waals surface area contributed by atoms with Gasteiger partial charge in [-0.3, -0.25) is 4.79 Å². The van der Waals surface area contributed by atoms with Crippen molar-refractivity contribution in [2.75, 3.05) is 0 Å². The lowest BCUT2D eigenvalue weighted by molar-refractivity contribution is 0.0979. The van der Waals surface area contributed by atoms with E-state index >= 15 is 0 Å². The molecule has 3 heteroatoms. The summed E-state index contributed by atoms with van der Waals surface area (Å²) in [7, 11) is 0. The highest BCUT2D eigenvalue weighted by Crippen LogP contribution is 2.17. The number of ketones is 1. The number of unbranched alkanes of at least 4 members (excludes halogenated alkanes) is 1. The van der Waals surface area contributed by atoms with Gasteiger partial charge in [-0.1, -0.05) is 37.6 Å². The molecule has 0 bridgehead atoms. The molecule has 21 heavy (non-hydrogen) atoms. The van der Waals surface area contributed by atoms with Gasteiger partial charge < -0.3 is 4.74 Å². The van der Waals surface area contributed by atoms with Crippen LogP contribution in [0.15, 0.2) is 48.5 Å².